The largest absolute Gasteiger partial charge is 0.384 e. The Morgan fingerprint density at radius 2 is 2.00 bits per heavy atom. The first-order valence-electron chi connectivity index (χ1n) is 5.87. The quantitative estimate of drug-likeness (QED) is 0.738. The smallest absolute Gasteiger partial charge is 0.103 e. The molecule has 1 aliphatic carbocycles. The van der Waals surface area contributed by atoms with Crippen molar-refractivity contribution in [2.45, 2.75) is 51.0 Å². The highest BCUT2D eigenvalue weighted by Gasteiger charge is 2.37. The molecule has 2 heteroatoms. The maximum Gasteiger partial charge on any atom is 0.103 e. The highest BCUT2D eigenvalue weighted by atomic mass is 16.3. The summed E-state index contributed by atoms with van der Waals surface area (Å²) in [6, 6.07) is 0. The van der Waals surface area contributed by atoms with Crippen molar-refractivity contribution in [1.82, 2.24) is 0 Å². The van der Waals surface area contributed by atoms with E-state index < -0.39 is 5.60 Å². The minimum absolute atomic E-state index is 0.564. The Kier molecular flexibility index (Phi) is 3.06. The molecule has 1 aliphatic heterocycles. The van der Waals surface area contributed by atoms with E-state index in [0.717, 1.165) is 49.9 Å². The number of hydrogen-bond donors (Lipinski definition) is 1. The average molecular weight is 205 g/mol. The van der Waals surface area contributed by atoms with E-state index in [0.29, 0.717) is 0 Å². The van der Waals surface area contributed by atoms with Gasteiger partial charge in [0.1, 0.15) is 5.60 Å². The van der Waals surface area contributed by atoms with Gasteiger partial charge in [-0.1, -0.05) is 25.0 Å². The van der Waals surface area contributed by atoms with Crippen molar-refractivity contribution in [3.8, 4) is 0 Å². The van der Waals surface area contributed by atoms with Gasteiger partial charge in [0.15, 0.2) is 0 Å². The van der Waals surface area contributed by atoms with Crippen LogP contribution in [0.2, 0.25) is 0 Å². The first-order valence-corrected chi connectivity index (χ1v) is 5.87. The van der Waals surface area contributed by atoms with Crippen LogP contribution in [0.3, 0.4) is 0 Å². The van der Waals surface area contributed by atoms with Gasteiger partial charge in [-0.05, 0) is 38.7 Å². The Balaban J connectivity index is 2.12. The first kappa shape index (κ1) is 10.6. The van der Waals surface area contributed by atoms with Crippen molar-refractivity contribution in [1.29, 1.82) is 0 Å². The van der Waals surface area contributed by atoms with E-state index >= 15 is 0 Å². The predicted octanol–water partition coefficient (Wildman–Crippen LogP) is 2.99. The van der Waals surface area contributed by atoms with Crippen LogP contribution in [0.4, 0.5) is 0 Å². The van der Waals surface area contributed by atoms with E-state index in [-0.39, 0.29) is 0 Å². The number of allylic oxidation sites excluding steroid dienone is 4. The van der Waals surface area contributed by atoms with Crippen LogP contribution in [-0.4, -0.2) is 16.4 Å². The van der Waals surface area contributed by atoms with Crippen molar-refractivity contribution < 1.29 is 5.11 Å². The molecule has 2 nitrogen and oxygen atoms in total. The molecular formula is C13H19NO. The van der Waals surface area contributed by atoms with Gasteiger partial charge in [0.05, 0.1) is 5.71 Å². The number of aliphatic hydroxyl groups is 1. The summed E-state index contributed by atoms with van der Waals surface area (Å²) in [4.78, 5) is 4.56. The standard InChI is InChI=1S/C13H19NO/c1-2-3-6-11-7-8-12(14-11)13(15)9-4-5-10-13/h2-3,6,15H,4-5,7-10H2,1H3/b3-2-,11-6+. The zero-order chi connectivity index (χ0) is 10.7. The van der Waals surface area contributed by atoms with Crippen LogP contribution in [0.15, 0.2) is 28.9 Å². The maximum absolute atomic E-state index is 10.4. The lowest BCUT2D eigenvalue weighted by Gasteiger charge is -2.21. The fraction of sp³-hybridized carbons (Fsp3) is 0.615. The molecule has 0 bridgehead atoms. The summed E-state index contributed by atoms with van der Waals surface area (Å²) in [6.45, 7) is 2.00. The lowest BCUT2D eigenvalue weighted by atomic mass is 9.94. The first-order chi connectivity index (χ1) is 7.24. The summed E-state index contributed by atoms with van der Waals surface area (Å²) >= 11 is 0. The minimum Gasteiger partial charge on any atom is -0.384 e. The monoisotopic (exact) mass is 205 g/mol. The zero-order valence-electron chi connectivity index (χ0n) is 9.37. The van der Waals surface area contributed by atoms with E-state index in [1.807, 2.05) is 25.2 Å². The average Bonchev–Trinajstić information content (AvgIpc) is 2.84. The zero-order valence-corrected chi connectivity index (χ0v) is 9.37. The summed E-state index contributed by atoms with van der Waals surface area (Å²) in [5.74, 6) is 0. The van der Waals surface area contributed by atoms with E-state index in [2.05, 4.69) is 4.99 Å². The van der Waals surface area contributed by atoms with Gasteiger partial charge in [-0.3, -0.25) is 4.99 Å². The van der Waals surface area contributed by atoms with Gasteiger partial charge in [0, 0.05) is 5.70 Å². The molecule has 0 amide bonds. The Bertz CT molecular complexity index is 319. The molecule has 0 saturated heterocycles. The van der Waals surface area contributed by atoms with Gasteiger partial charge in [-0.15, -0.1) is 0 Å². The third-order valence-electron chi connectivity index (χ3n) is 3.35. The number of rotatable bonds is 2. The molecule has 1 N–H and O–H groups in total. The summed E-state index contributed by atoms with van der Waals surface area (Å²) in [5, 5.41) is 10.4. The third kappa shape index (κ3) is 2.20. The third-order valence-corrected chi connectivity index (χ3v) is 3.35. The minimum atomic E-state index is -0.564. The van der Waals surface area contributed by atoms with Gasteiger partial charge >= 0.3 is 0 Å². The molecule has 0 aromatic rings. The van der Waals surface area contributed by atoms with Crippen LogP contribution in [0.1, 0.15) is 45.4 Å². The molecule has 0 spiro atoms. The molecule has 2 rings (SSSR count). The SMILES string of the molecule is C/C=C\C=C1/CCC(C2(O)CCCC2)=N1. The van der Waals surface area contributed by atoms with Crippen molar-refractivity contribution in [3.05, 3.63) is 23.9 Å². The normalized spacial score (nSPS) is 27.9. The Hall–Kier alpha value is -0.890. The van der Waals surface area contributed by atoms with Crippen LogP contribution in [0.5, 0.6) is 0 Å². The van der Waals surface area contributed by atoms with Crippen molar-refractivity contribution in [3.63, 3.8) is 0 Å². The van der Waals surface area contributed by atoms with E-state index in [4.69, 9.17) is 0 Å². The van der Waals surface area contributed by atoms with Crippen molar-refractivity contribution in [2.75, 3.05) is 0 Å². The lowest BCUT2D eigenvalue weighted by Crippen LogP contribution is -2.33. The second-order valence-corrected chi connectivity index (χ2v) is 4.48. The summed E-state index contributed by atoms with van der Waals surface area (Å²) in [7, 11) is 0. The van der Waals surface area contributed by atoms with Crippen LogP contribution >= 0.6 is 0 Å². The predicted molar refractivity (Wildman–Crippen MR) is 63.0 cm³/mol. The molecule has 15 heavy (non-hydrogen) atoms. The Morgan fingerprint density at radius 1 is 1.27 bits per heavy atom. The summed E-state index contributed by atoms with van der Waals surface area (Å²) < 4.78 is 0. The highest BCUT2D eigenvalue weighted by Crippen LogP contribution is 2.35. The van der Waals surface area contributed by atoms with Gasteiger partial charge in [-0.25, -0.2) is 0 Å². The lowest BCUT2D eigenvalue weighted by molar-refractivity contribution is 0.119. The maximum atomic E-state index is 10.4. The molecular weight excluding hydrogens is 186 g/mol. The van der Waals surface area contributed by atoms with Gasteiger partial charge in [0.2, 0.25) is 0 Å². The molecule has 1 fully saturated rings. The molecule has 2 aliphatic rings. The fourth-order valence-electron chi connectivity index (χ4n) is 2.44. The summed E-state index contributed by atoms with van der Waals surface area (Å²) in [5.41, 5.74) is 1.57. The van der Waals surface area contributed by atoms with Gasteiger partial charge in [-0.2, -0.15) is 0 Å². The van der Waals surface area contributed by atoms with Crippen molar-refractivity contribution in [2.24, 2.45) is 4.99 Å². The Morgan fingerprint density at radius 3 is 2.67 bits per heavy atom. The van der Waals surface area contributed by atoms with Crippen LogP contribution in [-0.2, 0) is 0 Å². The Labute approximate surface area is 91.4 Å². The fourth-order valence-corrected chi connectivity index (χ4v) is 2.44. The second-order valence-electron chi connectivity index (χ2n) is 4.48. The molecule has 1 saturated carbocycles. The van der Waals surface area contributed by atoms with Gasteiger partial charge < -0.3 is 5.11 Å². The highest BCUT2D eigenvalue weighted by molar-refractivity contribution is 5.95. The number of nitrogens with zero attached hydrogens (tertiary/aromatic N) is 1. The topological polar surface area (TPSA) is 32.6 Å². The molecule has 0 radical (unpaired) electrons. The molecule has 0 aromatic carbocycles. The number of hydrogen-bond acceptors (Lipinski definition) is 2. The second kappa shape index (κ2) is 4.31. The van der Waals surface area contributed by atoms with E-state index in [1.54, 1.807) is 0 Å². The van der Waals surface area contributed by atoms with Crippen LogP contribution in [0.25, 0.3) is 0 Å². The molecule has 0 aromatic heterocycles. The summed E-state index contributed by atoms with van der Waals surface area (Å²) in [6.07, 6.45) is 12.1. The van der Waals surface area contributed by atoms with Crippen LogP contribution in [0, 0.1) is 0 Å². The van der Waals surface area contributed by atoms with Crippen LogP contribution < -0.4 is 0 Å². The molecule has 1 heterocycles. The van der Waals surface area contributed by atoms with Gasteiger partial charge in [0.25, 0.3) is 0 Å². The molecule has 0 atom stereocenters. The van der Waals surface area contributed by atoms with E-state index in [1.165, 1.54) is 0 Å². The molecule has 82 valence electrons. The molecule has 0 unspecified atom stereocenters. The number of aliphatic imine (C=N–C) groups is 1. The van der Waals surface area contributed by atoms with Crippen molar-refractivity contribution >= 4 is 5.71 Å². The van der Waals surface area contributed by atoms with E-state index in [9.17, 15) is 5.11 Å².